The molecule has 0 saturated carbocycles. The number of rotatable bonds is 5. The van der Waals surface area contributed by atoms with Gasteiger partial charge in [0.2, 0.25) is 0 Å². The molecule has 10 rings (SSSR count). The summed E-state index contributed by atoms with van der Waals surface area (Å²) in [5.74, 6) is 0. The summed E-state index contributed by atoms with van der Waals surface area (Å²) in [6.07, 6.45) is 4.08. The Balaban J connectivity index is 1.17. The molecule has 51 heavy (non-hydrogen) atoms. The average Bonchev–Trinajstić information content (AvgIpc) is 3.78. The van der Waals surface area contributed by atoms with E-state index in [-0.39, 0.29) is 0 Å². The fourth-order valence-electron chi connectivity index (χ4n) is 8.99. The molecule has 1 aromatic heterocycles. The summed E-state index contributed by atoms with van der Waals surface area (Å²) in [5.41, 5.74) is 17.8. The zero-order valence-electron chi connectivity index (χ0n) is 27.9. The van der Waals surface area contributed by atoms with Gasteiger partial charge in [-0.25, -0.2) is 0 Å². The third-order valence-corrected chi connectivity index (χ3v) is 11.5. The molecule has 0 radical (unpaired) electrons. The number of fused-ring (bicyclic) bond motifs is 10. The molecule has 2 aliphatic rings. The van der Waals surface area contributed by atoms with Gasteiger partial charge in [-0.05, 0) is 115 Å². The maximum absolute atomic E-state index is 4.39. The number of nitrogens with zero attached hydrogens (tertiary/aromatic N) is 1. The molecule has 1 nitrogen and oxygen atoms in total. The Hall–Kier alpha value is -5.96. The van der Waals surface area contributed by atoms with E-state index < -0.39 is 5.41 Å². The van der Waals surface area contributed by atoms with Crippen molar-refractivity contribution in [2.45, 2.75) is 5.41 Å². The summed E-state index contributed by atoms with van der Waals surface area (Å²) in [5, 5.41) is 2.47. The Bertz CT molecular complexity index is 2760. The van der Waals surface area contributed by atoms with E-state index >= 15 is 0 Å². The van der Waals surface area contributed by atoms with Crippen molar-refractivity contribution in [3.05, 3.63) is 215 Å². The Labute approximate surface area is 306 Å². The Morgan fingerprint density at radius 2 is 1.08 bits per heavy atom. The molecule has 1 heterocycles. The standard InChI is InChI=1S/C49H32BrN/c1-3-37-41-30-36(24-25-46(41)49(43(37)4-2)44-20-8-5-17-38(44)39-18-6-9-21-45(39)49)51-47-22-10-7-19-40(47)42-29-34(23-26-48(42)51)32-14-11-13-31(27-32)33-15-12-16-35(50)28-33/h3-30H,1-2H2. The second-order valence-corrected chi connectivity index (χ2v) is 14.4. The van der Waals surface area contributed by atoms with E-state index in [0.717, 1.165) is 15.7 Å². The lowest BCUT2D eigenvalue weighted by Crippen LogP contribution is -2.26. The third kappa shape index (κ3) is 4.14. The lowest BCUT2D eigenvalue weighted by Gasteiger charge is -2.31. The van der Waals surface area contributed by atoms with E-state index in [4.69, 9.17) is 0 Å². The predicted octanol–water partition coefficient (Wildman–Crippen LogP) is 13.3. The van der Waals surface area contributed by atoms with Gasteiger partial charge in [-0.15, -0.1) is 0 Å². The third-order valence-electron chi connectivity index (χ3n) is 11.0. The van der Waals surface area contributed by atoms with Crippen LogP contribution in [0.15, 0.2) is 193 Å². The Morgan fingerprint density at radius 3 is 1.78 bits per heavy atom. The van der Waals surface area contributed by atoms with Crippen molar-refractivity contribution in [3.8, 4) is 39.1 Å². The first-order chi connectivity index (χ1) is 25.1. The van der Waals surface area contributed by atoms with Crippen LogP contribution in [0.4, 0.5) is 0 Å². The molecule has 0 atom stereocenters. The molecule has 0 N–H and O–H groups in total. The molecule has 0 unspecified atom stereocenters. The van der Waals surface area contributed by atoms with Crippen LogP contribution in [0.5, 0.6) is 0 Å². The Kier molecular flexibility index (Phi) is 6.62. The molecular weight excluding hydrogens is 682 g/mol. The van der Waals surface area contributed by atoms with E-state index in [0.29, 0.717) is 0 Å². The van der Waals surface area contributed by atoms with Crippen LogP contribution in [0.25, 0.3) is 66.4 Å². The van der Waals surface area contributed by atoms with Crippen LogP contribution in [0.2, 0.25) is 0 Å². The van der Waals surface area contributed by atoms with Gasteiger partial charge in [0.1, 0.15) is 0 Å². The minimum atomic E-state index is -0.438. The van der Waals surface area contributed by atoms with E-state index in [1.54, 1.807) is 0 Å². The van der Waals surface area contributed by atoms with Gasteiger partial charge in [-0.2, -0.15) is 0 Å². The van der Waals surface area contributed by atoms with Crippen LogP contribution in [0.1, 0.15) is 22.3 Å². The van der Waals surface area contributed by atoms with Crippen molar-refractivity contribution >= 4 is 43.3 Å². The van der Waals surface area contributed by atoms with Crippen molar-refractivity contribution in [1.82, 2.24) is 4.57 Å². The highest BCUT2D eigenvalue weighted by Gasteiger charge is 2.51. The van der Waals surface area contributed by atoms with E-state index in [9.17, 15) is 0 Å². The fourth-order valence-corrected chi connectivity index (χ4v) is 9.39. The minimum Gasteiger partial charge on any atom is -0.309 e. The highest BCUT2D eigenvalue weighted by atomic mass is 79.9. The number of allylic oxidation sites excluding steroid dienone is 4. The summed E-state index contributed by atoms with van der Waals surface area (Å²) in [6, 6.07) is 57.7. The van der Waals surface area contributed by atoms with Gasteiger partial charge in [-0.3, -0.25) is 0 Å². The first-order valence-corrected chi connectivity index (χ1v) is 18.1. The summed E-state index contributed by atoms with van der Waals surface area (Å²) >= 11 is 3.64. The first-order valence-electron chi connectivity index (χ1n) is 17.4. The van der Waals surface area contributed by atoms with Crippen molar-refractivity contribution in [2.24, 2.45) is 0 Å². The van der Waals surface area contributed by atoms with Crippen LogP contribution in [0.3, 0.4) is 0 Å². The zero-order valence-corrected chi connectivity index (χ0v) is 29.5. The second-order valence-electron chi connectivity index (χ2n) is 13.5. The summed E-state index contributed by atoms with van der Waals surface area (Å²) in [4.78, 5) is 0. The average molecular weight is 715 g/mol. The molecule has 2 heteroatoms. The topological polar surface area (TPSA) is 4.93 Å². The zero-order chi connectivity index (χ0) is 34.3. The monoisotopic (exact) mass is 713 g/mol. The molecule has 7 aromatic carbocycles. The number of hydrogen-bond acceptors (Lipinski definition) is 0. The van der Waals surface area contributed by atoms with Crippen LogP contribution in [0, 0.1) is 0 Å². The maximum Gasteiger partial charge on any atom is 0.0725 e. The molecule has 240 valence electrons. The summed E-state index contributed by atoms with van der Waals surface area (Å²) < 4.78 is 3.50. The van der Waals surface area contributed by atoms with E-state index in [1.807, 2.05) is 6.08 Å². The van der Waals surface area contributed by atoms with Crippen molar-refractivity contribution in [3.63, 3.8) is 0 Å². The van der Waals surface area contributed by atoms with Gasteiger partial charge in [0.25, 0.3) is 0 Å². The van der Waals surface area contributed by atoms with Crippen LogP contribution in [-0.2, 0) is 5.41 Å². The highest BCUT2D eigenvalue weighted by Crippen LogP contribution is 2.62. The fraction of sp³-hybridized carbons (Fsp3) is 0.0204. The number of benzene rings is 7. The maximum atomic E-state index is 4.39. The van der Waals surface area contributed by atoms with Gasteiger partial charge >= 0.3 is 0 Å². The van der Waals surface area contributed by atoms with E-state index in [1.165, 1.54) is 83.0 Å². The van der Waals surface area contributed by atoms with Crippen LogP contribution < -0.4 is 0 Å². The van der Waals surface area contributed by atoms with Gasteiger partial charge in [0, 0.05) is 20.9 Å². The summed E-state index contributed by atoms with van der Waals surface area (Å²) in [7, 11) is 0. The lowest BCUT2D eigenvalue weighted by molar-refractivity contribution is 0.786. The van der Waals surface area contributed by atoms with Gasteiger partial charge in [-0.1, -0.05) is 150 Å². The molecule has 8 aromatic rings. The van der Waals surface area contributed by atoms with Crippen molar-refractivity contribution in [1.29, 1.82) is 0 Å². The normalized spacial score (nSPS) is 13.8. The number of para-hydroxylation sites is 1. The molecule has 0 amide bonds. The highest BCUT2D eigenvalue weighted by molar-refractivity contribution is 9.10. The minimum absolute atomic E-state index is 0.438. The van der Waals surface area contributed by atoms with Crippen molar-refractivity contribution < 1.29 is 0 Å². The van der Waals surface area contributed by atoms with Crippen LogP contribution in [-0.4, -0.2) is 4.57 Å². The molecular formula is C49H32BrN. The quantitative estimate of drug-likeness (QED) is 0.167. The molecule has 1 spiro atoms. The summed E-state index contributed by atoms with van der Waals surface area (Å²) in [6.45, 7) is 8.74. The van der Waals surface area contributed by atoms with Crippen LogP contribution >= 0.6 is 15.9 Å². The largest absolute Gasteiger partial charge is 0.309 e. The lowest BCUT2D eigenvalue weighted by atomic mass is 9.69. The van der Waals surface area contributed by atoms with Gasteiger partial charge in [0.15, 0.2) is 0 Å². The number of aromatic nitrogens is 1. The smallest absolute Gasteiger partial charge is 0.0725 e. The number of hydrogen-bond donors (Lipinski definition) is 0. The molecule has 0 saturated heterocycles. The van der Waals surface area contributed by atoms with Gasteiger partial charge in [0.05, 0.1) is 16.4 Å². The Morgan fingerprint density at radius 1 is 0.471 bits per heavy atom. The first kappa shape index (κ1) is 29.9. The molecule has 2 aliphatic carbocycles. The van der Waals surface area contributed by atoms with Crippen molar-refractivity contribution in [2.75, 3.05) is 0 Å². The molecule has 0 fully saturated rings. The molecule has 0 aliphatic heterocycles. The molecule has 0 bridgehead atoms. The second kappa shape index (κ2) is 11.3. The number of halogens is 1. The van der Waals surface area contributed by atoms with Gasteiger partial charge < -0.3 is 4.57 Å². The predicted molar refractivity (Wildman–Crippen MR) is 218 cm³/mol. The van der Waals surface area contributed by atoms with E-state index in [2.05, 4.69) is 197 Å². The SMILES string of the molecule is C=CC1=C(C=C)C2(c3ccc(-n4c5ccccc5c5cc(-c6cccc(-c7cccc(Br)c7)c6)ccc54)cc31)c1ccccc1-c1ccccc12.